The summed E-state index contributed by atoms with van der Waals surface area (Å²) >= 11 is 1.68. The Labute approximate surface area is 159 Å². The number of halogens is 1. The fourth-order valence-corrected chi connectivity index (χ4v) is 4.38. The minimum atomic E-state index is -0.176. The average Bonchev–Trinajstić information content (AvgIpc) is 3.28. The summed E-state index contributed by atoms with van der Waals surface area (Å²) in [6, 6.07) is 7.00. The molecule has 0 amide bonds. The average molecular weight is 375 g/mol. The molecule has 2 aromatic rings. The zero-order valence-electron chi connectivity index (χ0n) is 15.5. The minimum Gasteiger partial charge on any atom is -0.356 e. The third-order valence-corrected chi connectivity index (χ3v) is 6.00. The van der Waals surface area contributed by atoms with Crippen LogP contribution in [0.4, 0.5) is 4.39 Å². The molecule has 0 aliphatic heterocycles. The number of hydrogen-bond donors (Lipinski definition) is 2. The molecule has 3 rings (SSSR count). The fourth-order valence-electron chi connectivity index (χ4n) is 3.73. The van der Waals surface area contributed by atoms with Crippen LogP contribution in [0.5, 0.6) is 0 Å². The van der Waals surface area contributed by atoms with Crippen LogP contribution < -0.4 is 10.6 Å². The van der Waals surface area contributed by atoms with Crippen molar-refractivity contribution in [1.82, 2.24) is 15.6 Å². The number of rotatable bonds is 6. The van der Waals surface area contributed by atoms with E-state index < -0.39 is 0 Å². The molecule has 0 bridgehead atoms. The lowest BCUT2D eigenvalue weighted by molar-refractivity contribution is 0.431. The van der Waals surface area contributed by atoms with Gasteiger partial charge < -0.3 is 10.6 Å². The summed E-state index contributed by atoms with van der Waals surface area (Å²) in [5.74, 6) is 0.634. The second kappa shape index (κ2) is 8.62. The molecule has 1 heterocycles. The summed E-state index contributed by atoms with van der Waals surface area (Å²) in [7, 11) is 1.79. The highest BCUT2D eigenvalue weighted by molar-refractivity contribution is 7.09. The zero-order valence-corrected chi connectivity index (χ0v) is 16.3. The van der Waals surface area contributed by atoms with Crippen LogP contribution in [0.15, 0.2) is 34.6 Å². The predicted molar refractivity (Wildman–Crippen MR) is 106 cm³/mol. The molecule has 0 atom stereocenters. The molecule has 1 saturated carbocycles. The highest BCUT2D eigenvalue weighted by Crippen LogP contribution is 2.40. The molecule has 0 saturated heterocycles. The third kappa shape index (κ3) is 4.61. The lowest BCUT2D eigenvalue weighted by Crippen LogP contribution is -2.45. The highest BCUT2D eigenvalue weighted by atomic mass is 32.1. The second-order valence-corrected chi connectivity index (χ2v) is 8.02. The Bertz CT molecular complexity index is 733. The molecule has 1 aromatic heterocycles. The maximum Gasteiger partial charge on any atom is 0.191 e. The van der Waals surface area contributed by atoms with Gasteiger partial charge in [-0.15, -0.1) is 11.3 Å². The van der Waals surface area contributed by atoms with Gasteiger partial charge in [0.1, 0.15) is 5.82 Å². The Morgan fingerprint density at radius 3 is 2.58 bits per heavy atom. The van der Waals surface area contributed by atoms with E-state index in [9.17, 15) is 4.39 Å². The van der Waals surface area contributed by atoms with Gasteiger partial charge in [0.25, 0.3) is 0 Å². The summed E-state index contributed by atoms with van der Waals surface area (Å²) in [5.41, 5.74) is 2.41. The van der Waals surface area contributed by atoms with Crippen molar-refractivity contribution in [3.05, 3.63) is 51.7 Å². The quantitative estimate of drug-likeness (QED) is 0.597. The van der Waals surface area contributed by atoms with Crippen LogP contribution in [0.3, 0.4) is 0 Å². The second-order valence-electron chi connectivity index (χ2n) is 6.95. The molecule has 1 aliphatic carbocycles. The monoisotopic (exact) mass is 374 g/mol. The van der Waals surface area contributed by atoms with Crippen LogP contribution >= 0.6 is 11.3 Å². The van der Waals surface area contributed by atoms with Gasteiger partial charge >= 0.3 is 0 Å². The largest absolute Gasteiger partial charge is 0.356 e. The standard InChI is InChI=1S/C20H27FN4S/c1-15-25-18(13-26-15)9-12-23-19(22-2)24-14-20(10-3-4-11-20)16-5-7-17(21)8-6-16/h5-8,13H,3-4,9-12,14H2,1-2H3,(H2,22,23,24). The van der Waals surface area contributed by atoms with Crippen LogP contribution in [0, 0.1) is 12.7 Å². The summed E-state index contributed by atoms with van der Waals surface area (Å²) in [6.07, 6.45) is 5.57. The lowest BCUT2D eigenvalue weighted by atomic mass is 9.79. The van der Waals surface area contributed by atoms with E-state index in [2.05, 4.69) is 26.0 Å². The highest BCUT2D eigenvalue weighted by Gasteiger charge is 2.35. The van der Waals surface area contributed by atoms with Gasteiger partial charge in [-0.3, -0.25) is 4.99 Å². The van der Waals surface area contributed by atoms with Crippen molar-refractivity contribution in [2.75, 3.05) is 20.1 Å². The molecule has 1 aromatic carbocycles. The Kier molecular flexibility index (Phi) is 6.25. The Morgan fingerprint density at radius 2 is 1.96 bits per heavy atom. The number of hydrogen-bond acceptors (Lipinski definition) is 3. The minimum absolute atomic E-state index is 0.0668. The summed E-state index contributed by atoms with van der Waals surface area (Å²) < 4.78 is 13.3. The summed E-state index contributed by atoms with van der Waals surface area (Å²) in [6.45, 7) is 3.64. The number of aryl methyl sites for hydroxylation is 1. The van der Waals surface area contributed by atoms with Crippen molar-refractivity contribution < 1.29 is 4.39 Å². The first kappa shape index (κ1) is 18.8. The normalized spacial score (nSPS) is 16.7. The summed E-state index contributed by atoms with van der Waals surface area (Å²) in [4.78, 5) is 8.83. The molecule has 26 heavy (non-hydrogen) atoms. The molecule has 1 aliphatic rings. The smallest absolute Gasteiger partial charge is 0.191 e. The Morgan fingerprint density at radius 1 is 1.23 bits per heavy atom. The van der Waals surface area contributed by atoms with Crippen LogP contribution in [-0.4, -0.2) is 31.1 Å². The predicted octanol–water partition coefficient (Wildman–Crippen LogP) is 3.81. The molecule has 0 radical (unpaired) electrons. The van der Waals surface area contributed by atoms with E-state index in [0.29, 0.717) is 0 Å². The number of guanidine groups is 1. The van der Waals surface area contributed by atoms with Crippen molar-refractivity contribution >= 4 is 17.3 Å². The molecule has 140 valence electrons. The maximum atomic E-state index is 13.3. The van der Waals surface area contributed by atoms with Crippen molar-refractivity contribution in [3.8, 4) is 0 Å². The third-order valence-electron chi connectivity index (χ3n) is 5.18. The van der Waals surface area contributed by atoms with Crippen molar-refractivity contribution in [2.24, 2.45) is 4.99 Å². The first-order chi connectivity index (χ1) is 12.6. The van der Waals surface area contributed by atoms with E-state index in [1.807, 2.05) is 19.1 Å². The first-order valence-corrected chi connectivity index (χ1v) is 10.1. The molecule has 2 N–H and O–H groups in total. The van der Waals surface area contributed by atoms with Gasteiger partial charge in [0.15, 0.2) is 5.96 Å². The van der Waals surface area contributed by atoms with Crippen molar-refractivity contribution in [1.29, 1.82) is 0 Å². The number of benzene rings is 1. The van der Waals surface area contributed by atoms with Gasteiger partial charge in [0, 0.05) is 37.4 Å². The molecular weight excluding hydrogens is 347 g/mol. The first-order valence-electron chi connectivity index (χ1n) is 9.23. The van der Waals surface area contributed by atoms with Crippen molar-refractivity contribution in [2.45, 2.75) is 44.4 Å². The van der Waals surface area contributed by atoms with Crippen LogP contribution in [0.1, 0.15) is 41.9 Å². The van der Waals surface area contributed by atoms with Gasteiger partial charge in [-0.25, -0.2) is 9.37 Å². The van der Waals surface area contributed by atoms with Gasteiger partial charge in [0.2, 0.25) is 0 Å². The number of aromatic nitrogens is 1. The number of nitrogens with one attached hydrogen (secondary N) is 2. The Hall–Kier alpha value is -1.95. The SMILES string of the molecule is CN=C(NCCc1csc(C)n1)NCC1(c2ccc(F)cc2)CCCC1. The molecule has 4 nitrogen and oxygen atoms in total. The number of nitrogens with zero attached hydrogens (tertiary/aromatic N) is 2. The Balaban J connectivity index is 1.56. The summed E-state index contributed by atoms with van der Waals surface area (Å²) in [5, 5.41) is 10.1. The van der Waals surface area contributed by atoms with E-state index in [0.717, 1.165) is 49.0 Å². The van der Waals surface area contributed by atoms with Crippen LogP contribution in [0.2, 0.25) is 0 Å². The number of aliphatic imine (C=N–C) groups is 1. The van der Waals surface area contributed by atoms with E-state index in [-0.39, 0.29) is 11.2 Å². The van der Waals surface area contributed by atoms with Crippen LogP contribution in [-0.2, 0) is 11.8 Å². The molecule has 1 fully saturated rings. The molecule has 6 heteroatoms. The fraction of sp³-hybridized carbons (Fsp3) is 0.500. The van der Waals surface area contributed by atoms with Gasteiger partial charge in [-0.1, -0.05) is 25.0 Å². The van der Waals surface area contributed by atoms with Crippen LogP contribution in [0.25, 0.3) is 0 Å². The van der Waals surface area contributed by atoms with E-state index >= 15 is 0 Å². The van der Waals surface area contributed by atoms with Gasteiger partial charge in [-0.2, -0.15) is 0 Å². The van der Waals surface area contributed by atoms with E-state index in [1.54, 1.807) is 30.5 Å². The maximum absolute atomic E-state index is 13.3. The van der Waals surface area contributed by atoms with Crippen molar-refractivity contribution in [3.63, 3.8) is 0 Å². The van der Waals surface area contributed by atoms with Gasteiger partial charge in [0.05, 0.1) is 10.7 Å². The van der Waals surface area contributed by atoms with Gasteiger partial charge in [-0.05, 0) is 37.5 Å². The lowest BCUT2D eigenvalue weighted by Gasteiger charge is -2.30. The zero-order chi connectivity index (χ0) is 18.4. The molecule has 0 spiro atoms. The number of thiazole rings is 1. The molecular formula is C20H27FN4S. The topological polar surface area (TPSA) is 49.3 Å². The molecule has 0 unspecified atom stereocenters. The van der Waals surface area contributed by atoms with E-state index in [1.165, 1.54) is 18.4 Å². The van der Waals surface area contributed by atoms with E-state index in [4.69, 9.17) is 0 Å².